The molecule has 2 heteroatoms. The lowest BCUT2D eigenvalue weighted by Gasteiger charge is -2.19. The van der Waals surface area contributed by atoms with E-state index < -0.39 is 0 Å². The molecule has 0 aromatic carbocycles. The second-order valence-corrected chi connectivity index (χ2v) is 3.27. The largest absolute Gasteiger partial charge is 0.349 e. The van der Waals surface area contributed by atoms with Crippen molar-refractivity contribution in [2.45, 2.75) is 20.8 Å². The number of hydrogen-bond acceptors (Lipinski definition) is 1. The smallest absolute Gasteiger partial charge is 0.225 e. The number of nitrogens with zero attached hydrogens (tertiary/aromatic N) is 1. The summed E-state index contributed by atoms with van der Waals surface area (Å²) in [5.74, 6) is 0.805. The standard InChI is InChI=1S/C8H17NO/c1-6(2)7(3)8(10)9(4)5/h6-7H,1-5H3. The monoisotopic (exact) mass is 143 g/mol. The van der Waals surface area contributed by atoms with E-state index in [1.54, 1.807) is 19.0 Å². The van der Waals surface area contributed by atoms with Gasteiger partial charge in [0, 0.05) is 20.0 Å². The van der Waals surface area contributed by atoms with Crippen LogP contribution in [0.5, 0.6) is 0 Å². The fourth-order valence-corrected chi connectivity index (χ4v) is 0.692. The second-order valence-electron chi connectivity index (χ2n) is 3.27. The molecule has 1 amide bonds. The molecule has 0 aromatic heterocycles. The lowest BCUT2D eigenvalue weighted by atomic mass is 9.97. The minimum Gasteiger partial charge on any atom is -0.349 e. The Bertz CT molecular complexity index is 118. The first-order chi connectivity index (χ1) is 4.46. The van der Waals surface area contributed by atoms with Crippen LogP contribution in [0.25, 0.3) is 0 Å². The molecule has 2 nitrogen and oxygen atoms in total. The van der Waals surface area contributed by atoms with E-state index in [9.17, 15) is 4.79 Å². The Kier molecular flexibility index (Phi) is 3.40. The summed E-state index contributed by atoms with van der Waals surface area (Å²) in [6.07, 6.45) is 0. The van der Waals surface area contributed by atoms with E-state index in [0.29, 0.717) is 5.92 Å². The summed E-state index contributed by atoms with van der Waals surface area (Å²) in [5, 5.41) is 0. The van der Waals surface area contributed by atoms with Crippen molar-refractivity contribution in [1.29, 1.82) is 0 Å². The van der Waals surface area contributed by atoms with Gasteiger partial charge < -0.3 is 4.90 Å². The first kappa shape index (κ1) is 9.47. The summed E-state index contributed by atoms with van der Waals surface area (Å²) >= 11 is 0. The Morgan fingerprint density at radius 2 is 1.60 bits per heavy atom. The number of rotatable bonds is 2. The van der Waals surface area contributed by atoms with Gasteiger partial charge >= 0.3 is 0 Å². The van der Waals surface area contributed by atoms with Gasteiger partial charge in [0.1, 0.15) is 0 Å². The molecule has 0 rings (SSSR count). The summed E-state index contributed by atoms with van der Waals surface area (Å²) < 4.78 is 0. The molecule has 10 heavy (non-hydrogen) atoms. The molecule has 60 valence electrons. The van der Waals surface area contributed by atoms with Gasteiger partial charge in [0.15, 0.2) is 0 Å². The van der Waals surface area contributed by atoms with Crippen molar-refractivity contribution in [3.05, 3.63) is 0 Å². The van der Waals surface area contributed by atoms with Crippen LogP contribution in [0.4, 0.5) is 0 Å². The van der Waals surface area contributed by atoms with Crippen LogP contribution in [0.2, 0.25) is 0 Å². The number of carbonyl (C=O) groups excluding carboxylic acids is 1. The van der Waals surface area contributed by atoms with Crippen LogP contribution in [0, 0.1) is 11.8 Å². The van der Waals surface area contributed by atoms with Crippen LogP contribution in [0.15, 0.2) is 0 Å². The van der Waals surface area contributed by atoms with Gasteiger partial charge in [-0.25, -0.2) is 0 Å². The van der Waals surface area contributed by atoms with Gasteiger partial charge in [-0.05, 0) is 5.92 Å². The summed E-state index contributed by atoms with van der Waals surface area (Å²) in [4.78, 5) is 12.9. The van der Waals surface area contributed by atoms with Gasteiger partial charge in [0.25, 0.3) is 0 Å². The zero-order chi connectivity index (χ0) is 8.31. The van der Waals surface area contributed by atoms with E-state index in [1.165, 1.54) is 0 Å². The molecule has 1 unspecified atom stereocenters. The zero-order valence-electron chi connectivity index (χ0n) is 7.51. The molecule has 0 N–H and O–H groups in total. The number of amides is 1. The topological polar surface area (TPSA) is 20.3 Å². The molecule has 0 aliphatic rings. The second kappa shape index (κ2) is 3.59. The summed E-state index contributed by atoms with van der Waals surface area (Å²) in [6, 6.07) is 0. The van der Waals surface area contributed by atoms with Gasteiger partial charge in [-0.2, -0.15) is 0 Å². The van der Waals surface area contributed by atoms with Crippen molar-refractivity contribution in [2.75, 3.05) is 14.1 Å². The first-order valence-corrected chi connectivity index (χ1v) is 3.68. The Morgan fingerprint density at radius 3 is 1.70 bits per heavy atom. The van der Waals surface area contributed by atoms with Crippen LogP contribution < -0.4 is 0 Å². The molecule has 0 saturated carbocycles. The molecule has 1 atom stereocenters. The summed E-state index contributed by atoms with van der Waals surface area (Å²) in [5.41, 5.74) is 0. The van der Waals surface area contributed by atoms with Crippen molar-refractivity contribution in [1.82, 2.24) is 4.90 Å². The zero-order valence-corrected chi connectivity index (χ0v) is 7.51. The molecular weight excluding hydrogens is 126 g/mol. The summed E-state index contributed by atoms with van der Waals surface area (Å²) in [7, 11) is 3.59. The van der Waals surface area contributed by atoms with Crippen molar-refractivity contribution in [2.24, 2.45) is 11.8 Å². The third-order valence-electron chi connectivity index (χ3n) is 1.83. The maximum absolute atomic E-state index is 11.2. The molecule has 0 saturated heterocycles. The fourth-order valence-electron chi connectivity index (χ4n) is 0.692. The lowest BCUT2D eigenvalue weighted by Crippen LogP contribution is -2.30. The van der Waals surface area contributed by atoms with Crippen molar-refractivity contribution in [3.63, 3.8) is 0 Å². The van der Waals surface area contributed by atoms with Crippen LogP contribution >= 0.6 is 0 Å². The average Bonchev–Trinajstić information content (AvgIpc) is 1.84. The normalized spacial score (nSPS) is 13.4. The predicted molar refractivity (Wildman–Crippen MR) is 42.7 cm³/mol. The minimum absolute atomic E-state index is 0.148. The molecule has 0 spiro atoms. The van der Waals surface area contributed by atoms with Gasteiger partial charge in [-0.3, -0.25) is 4.79 Å². The van der Waals surface area contributed by atoms with E-state index in [2.05, 4.69) is 13.8 Å². The SMILES string of the molecule is CC(C)C(C)C(=O)N(C)C. The quantitative estimate of drug-likeness (QED) is 0.571. The molecule has 0 fully saturated rings. The van der Waals surface area contributed by atoms with E-state index in [-0.39, 0.29) is 11.8 Å². The van der Waals surface area contributed by atoms with Crippen molar-refractivity contribution >= 4 is 5.91 Å². The highest BCUT2D eigenvalue weighted by Gasteiger charge is 2.17. The van der Waals surface area contributed by atoms with E-state index in [4.69, 9.17) is 0 Å². The first-order valence-electron chi connectivity index (χ1n) is 3.68. The molecule has 0 bridgehead atoms. The maximum atomic E-state index is 11.2. The van der Waals surface area contributed by atoms with Crippen LogP contribution in [-0.4, -0.2) is 24.9 Å². The predicted octanol–water partition coefficient (Wildman–Crippen LogP) is 1.37. The third-order valence-corrected chi connectivity index (χ3v) is 1.83. The van der Waals surface area contributed by atoms with E-state index in [1.807, 2.05) is 6.92 Å². The molecule has 0 aromatic rings. The Labute approximate surface area is 63.2 Å². The van der Waals surface area contributed by atoms with Gasteiger partial charge in [0.2, 0.25) is 5.91 Å². The van der Waals surface area contributed by atoms with Gasteiger partial charge in [0.05, 0.1) is 0 Å². The molecule has 0 radical (unpaired) electrons. The highest BCUT2D eigenvalue weighted by Crippen LogP contribution is 2.10. The van der Waals surface area contributed by atoms with Gasteiger partial charge in [-0.15, -0.1) is 0 Å². The Morgan fingerprint density at radius 1 is 1.20 bits per heavy atom. The molecule has 0 aliphatic heterocycles. The lowest BCUT2D eigenvalue weighted by molar-refractivity contribution is -0.133. The summed E-state index contributed by atoms with van der Waals surface area (Å²) in [6.45, 7) is 6.09. The van der Waals surface area contributed by atoms with Crippen molar-refractivity contribution < 1.29 is 4.79 Å². The highest BCUT2D eigenvalue weighted by atomic mass is 16.2. The average molecular weight is 143 g/mol. The van der Waals surface area contributed by atoms with Crippen LogP contribution in [0.3, 0.4) is 0 Å². The molecular formula is C8H17NO. The number of hydrogen-bond donors (Lipinski definition) is 0. The Hall–Kier alpha value is -0.530. The molecule has 0 aliphatic carbocycles. The van der Waals surface area contributed by atoms with Gasteiger partial charge in [-0.1, -0.05) is 20.8 Å². The highest BCUT2D eigenvalue weighted by molar-refractivity contribution is 5.78. The van der Waals surface area contributed by atoms with E-state index >= 15 is 0 Å². The maximum Gasteiger partial charge on any atom is 0.225 e. The van der Waals surface area contributed by atoms with Crippen molar-refractivity contribution in [3.8, 4) is 0 Å². The fraction of sp³-hybridized carbons (Fsp3) is 0.875. The van der Waals surface area contributed by atoms with E-state index in [0.717, 1.165) is 0 Å². The molecule has 0 heterocycles. The van der Waals surface area contributed by atoms with Crippen LogP contribution in [-0.2, 0) is 4.79 Å². The third kappa shape index (κ3) is 2.38. The number of carbonyl (C=O) groups is 1. The van der Waals surface area contributed by atoms with Crippen LogP contribution in [0.1, 0.15) is 20.8 Å². The minimum atomic E-state index is 0.148. The Balaban J connectivity index is 3.95.